The fourth-order valence-electron chi connectivity index (χ4n) is 1.39. The molecule has 1 aromatic rings. The van der Waals surface area contributed by atoms with E-state index < -0.39 is 0 Å². The minimum absolute atomic E-state index is 0.127. The fourth-order valence-corrected chi connectivity index (χ4v) is 1.39. The molecule has 1 aromatic carbocycles. The number of urea groups is 1. The highest BCUT2D eigenvalue weighted by Crippen LogP contribution is 2.03. The molecule has 0 unspecified atom stereocenters. The summed E-state index contributed by atoms with van der Waals surface area (Å²) in [6, 6.07) is 7.21. The van der Waals surface area contributed by atoms with Gasteiger partial charge in [-0.25, -0.2) is 4.79 Å². The van der Waals surface area contributed by atoms with Crippen LogP contribution in [0.4, 0.5) is 4.79 Å². The molecule has 5 heteroatoms. The van der Waals surface area contributed by atoms with Crippen molar-refractivity contribution in [3.63, 3.8) is 0 Å². The number of benzene rings is 1. The zero-order chi connectivity index (χ0) is 13.5. The molecule has 1 rings (SSSR count). The molecule has 0 aliphatic rings. The van der Waals surface area contributed by atoms with Gasteiger partial charge in [0.15, 0.2) is 0 Å². The molecule has 0 aliphatic carbocycles. The zero-order valence-corrected chi connectivity index (χ0v) is 11.0. The lowest BCUT2D eigenvalue weighted by molar-refractivity contribution is 0.0953. The number of rotatable bonds is 4. The highest BCUT2D eigenvalue weighted by molar-refractivity contribution is 5.94. The number of hydrogen-bond donors (Lipinski definition) is 2. The zero-order valence-electron chi connectivity index (χ0n) is 11.0. The number of amides is 3. The number of aryl methyl sites for hydroxylation is 1. The number of carbonyl (C=O) groups is 2. The Morgan fingerprint density at radius 1 is 1.17 bits per heavy atom. The first-order chi connectivity index (χ1) is 8.50. The molecule has 0 atom stereocenters. The SMILES string of the molecule is Cc1cccc(C(=O)NCCNC(=O)N(C)C)c1. The molecule has 18 heavy (non-hydrogen) atoms. The lowest BCUT2D eigenvalue weighted by Gasteiger charge is -2.12. The Bertz CT molecular complexity index is 430. The van der Waals surface area contributed by atoms with Crippen LogP contribution in [-0.4, -0.2) is 44.0 Å². The summed E-state index contributed by atoms with van der Waals surface area (Å²) in [5, 5.41) is 5.42. The van der Waals surface area contributed by atoms with Gasteiger partial charge in [0.2, 0.25) is 0 Å². The Labute approximate surface area is 107 Å². The summed E-state index contributed by atoms with van der Waals surface area (Å²) in [4.78, 5) is 24.4. The van der Waals surface area contributed by atoms with E-state index >= 15 is 0 Å². The Morgan fingerprint density at radius 3 is 2.44 bits per heavy atom. The lowest BCUT2D eigenvalue weighted by atomic mass is 10.1. The van der Waals surface area contributed by atoms with Crippen LogP contribution in [-0.2, 0) is 0 Å². The second kappa shape index (κ2) is 6.64. The van der Waals surface area contributed by atoms with E-state index in [0.717, 1.165) is 5.56 Å². The predicted octanol–water partition coefficient (Wildman–Crippen LogP) is 0.996. The van der Waals surface area contributed by atoms with Crippen LogP contribution in [0, 0.1) is 6.92 Å². The molecule has 0 fully saturated rings. The molecule has 98 valence electrons. The normalized spacial score (nSPS) is 9.72. The van der Waals surface area contributed by atoms with Crippen LogP contribution in [0.25, 0.3) is 0 Å². The molecule has 2 N–H and O–H groups in total. The van der Waals surface area contributed by atoms with Gasteiger partial charge in [-0.2, -0.15) is 0 Å². The Balaban J connectivity index is 2.32. The van der Waals surface area contributed by atoms with E-state index in [2.05, 4.69) is 10.6 Å². The van der Waals surface area contributed by atoms with E-state index in [1.54, 1.807) is 20.2 Å². The summed E-state index contributed by atoms with van der Waals surface area (Å²) in [6.07, 6.45) is 0. The van der Waals surface area contributed by atoms with Crippen molar-refractivity contribution >= 4 is 11.9 Å². The van der Waals surface area contributed by atoms with Crippen molar-refractivity contribution < 1.29 is 9.59 Å². The van der Waals surface area contributed by atoms with Gasteiger partial charge < -0.3 is 15.5 Å². The maximum absolute atomic E-state index is 11.7. The molecular formula is C13H19N3O2. The summed E-state index contributed by atoms with van der Waals surface area (Å²) in [5.74, 6) is -0.127. The smallest absolute Gasteiger partial charge is 0.316 e. The second-order valence-corrected chi connectivity index (χ2v) is 4.25. The van der Waals surface area contributed by atoms with Gasteiger partial charge in [-0.3, -0.25) is 4.79 Å². The quantitative estimate of drug-likeness (QED) is 0.782. The van der Waals surface area contributed by atoms with Crippen LogP contribution < -0.4 is 10.6 Å². The number of nitrogens with one attached hydrogen (secondary N) is 2. The summed E-state index contributed by atoms with van der Waals surface area (Å²) >= 11 is 0. The largest absolute Gasteiger partial charge is 0.350 e. The fraction of sp³-hybridized carbons (Fsp3) is 0.385. The van der Waals surface area contributed by atoms with Gasteiger partial charge in [0.25, 0.3) is 5.91 Å². The summed E-state index contributed by atoms with van der Waals surface area (Å²) in [6.45, 7) is 2.76. The molecule has 5 nitrogen and oxygen atoms in total. The maximum atomic E-state index is 11.7. The van der Waals surface area contributed by atoms with Gasteiger partial charge >= 0.3 is 6.03 Å². The van der Waals surface area contributed by atoms with E-state index in [9.17, 15) is 9.59 Å². The Morgan fingerprint density at radius 2 is 1.83 bits per heavy atom. The molecule has 0 aliphatic heterocycles. The third-order valence-corrected chi connectivity index (χ3v) is 2.37. The first-order valence-corrected chi connectivity index (χ1v) is 5.80. The first-order valence-electron chi connectivity index (χ1n) is 5.80. The number of hydrogen-bond acceptors (Lipinski definition) is 2. The lowest BCUT2D eigenvalue weighted by Crippen LogP contribution is -2.39. The average Bonchev–Trinajstić information content (AvgIpc) is 2.33. The molecule has 0 saturated carbocycles. The van der Waals surface area contributed by atoms with Crippen LogP contribution in [0.1, 0.15) is 15.9 Å². The van der Waals surface area contributed by atoms with Gasteiger partial charge in [0.05, 0.1) is 0 Å². The molecule has 0 radical (unpaired) electrons. The summed E-state index contributed by atoms with van der Waals surface area (Å²) < 4.78 is 0. The standard InChI is InChI=1S/C13H19N3O2/c1-10-5-4-6-11(9-10)12(17)14-7-8-15-13(18)16(2)3/h4-6,9H,7-8H2,1-3H3,(H,14,17)(H,15,18). The minimum atomic E-state index is -0.167. The van der Waals surface area contributed by atoms with E-state index in [0.29, 0.717) is 18.7 Å². The van der Waals surface area contributed by atoms with Crippen LogP contribution in [0.15, 0.2) is 24.3 Å². The molecule has 0 aromatic heterocycles. The van der Waals surface area contributed by atoms with Crippen molar-refractivity contribution in [1.82, 2.24) is 15.5 Å². The number of carbonyl (C=O) groups excluding carboxylic acids is 2. The molecule has 0 saturated heterocycles. The van der Waals surface area contributed by atoms with Gasteiger partial charge in [-0.15, -0.1) is 0 Å². The average molecular weight is 249 g/mol. The van der Waals surface area contributed by atoms with Crippen LogP contribution in [0.5, 0.6) is 0 Å². The molecule has 0 bridgehead atoms. The third-order valence-electron chi connectivity index (χ3n) is 2.37. The van der Waals surface area contributed by atoms with Crippen LogP contribution in [0.3, 0.4) is 0 Å². The monoisotopic (exact) mass is 249 g/mol. The summed E-state index contributed by atoms with van der Waals surface area (Å²) in [5.41, 5.74) is 1.68. The van der Waals surface area contributed by atoms with Gasteiger partial charge in [-0.05, 0) is 19.1 Å². The predicted molar refractivity (Wildman–Crippen MR) is 70.6 cm³/mol. The second-order valence-electron chi connectivity index (χ2n) is 4.25. The van der Waals surface area contributed by atoms with E-state index in [1.165, 1.54) is 4.90 Å². The highest BCUT2D eigenvalue weighted by Gasteiger charge is 2.05. The molecule has 0 spiro atoms. The van der Waals surface area contributed by atoms with Crippen molar-refractivity contribution in [2.45, 2.75) is 6.92 Å². The van der Waals surface area contributed by atoms with E-state index in [-0.39, 0.29) is 11.9 Å². The first kappa shape index (κ1) is 14.0. The third kappa shape index (κ3) is 4.45. The van der Waals surface area contributed by atoms with Crippen LogP contribution >= 0.6 is 0 Å². The molecular weight excluding hydrogens is 230 g/mol. The van der Waals surface area contributed by atoms with Crippen molar-refractivity contribution in [2.75, 3.05) is 27.2 Å². The highest BCUT2D eigenvalue weighted by atomic mass is 16.2. The molecule has 0 heterocycles. The van der Waals surface area contributed by atoms with E-state index in [1.807, 2.05) is 25.1 Å². The summed E-state index contributed by atoms with van der Waals surface area (Å²) in [7, 11) is 3.33. The van der Waals surface area contributed by atoms with Crippen molar-refractivity contribution in [3.05, 3.63) is 35.4 Å². The van der Waals surface area contributed by atoms with Gasteiger partial charge in [-0.1, -0.05) is 17.7 Å². The Kier molecular flexibility index (Phi) is 5.17. The molecule has 3 amide bonds. The minimum Gasteiger partial charge on any atom is -0.350 e. The Hall–Kier alpha value is -2.04. The van der Waals surface area contributed by atoms with Crippen molar-refractivity contribution in [2.24, 2.45) is 0 Å². The van der Waals surface area contributed by atoms with Crippen molar-refractivity contribution in [1.29, 1.82) is 0 Å². The topological polar surface area (TPSA) is 61.4 Å². The van der Waals surface area contributed by atoms with Gasteiger partial charge in [0, 0.05) is 32.7 Å². The van der Waals surface area contributed by atoms with Gasteiger partial charge in [0.1, 0.15) is 0 Å². The maximum Gasteiger partial charge on any atom is 0.316 e. The van der Waals surface area contributed by atoms with Crippen LogP contribution in [0.2, 0.25) is 0 Å². The van der Waals surface area contributed by atoms with Crippen molar-refractivity contribution in [3.8, 4) is 0 Å². The number of nitrogens with zero attached hydrogens (tertiary/aromatic N) is 1. The van der Waals surface area contributed by atoms with E-state index in [4.69, 9.17) is 0 Å².